The lowest BCUT2D eigenvalue weighted by atomic mass is 10.0. The van der Waals surface area contributed by atoms with Crippen molar-refractivity contribution in [1.29, 1.82) is 0 Å². The van der Waals surface area contributed by atoms with Crippen molar-refractivity contribution in [2.24, 2.45) is 0 Å². The van der Waals surface area contributed by atoms with E-state index in [0.717, 1.165) is 10.8 Å². The largest absolute Gasteiger partial charge is 0.479 e. The van der Waals surface area contributed by atoms with Gasteiger partial charge in [0.25, 0.3) is 0 Å². The summed E-state index contributed by atoms with van der Waals surface area (Å²) in [4.78, 5) is 35.0. The van der Waals surface area contributed by atoms with Crippen molar-refractivity contribution in [2.45, 2.75) is 32.2 Å². The van der Waals surface area contributed by atoms with Crippen LogP contribution < -0.4 is 10.6 Å². The van der Waals surface area contributed by atoms with Gasteiger partial charge in [0.05, 0.1) is 0 Å². The third kappa shape index (κ3) is 5.31. The Morgan fingerprint density at radius 3 is 2.36 bits per heavy atom. The van der Waals surface area contributed by atoms with Gasteiger partial charge in [0.2, 0.25) is 11.8 Å². The highest BCUT2D eigenvalue weighted by Crippen LogP contribution is 2.21. The predicted octanol–water partition coefficient (Wildman–Crippen LogP) is 2.39. The van der Waals surface area contributed by atoms with Crippen molar-refractivity contribution in [1.82, 2.24) is 10.6 Å². The van der Waals surface area contributed by atoms with E-state index in [0.29, 0.717) is 18.5 Å². The van der Waals surface area contributed by atoms with E-state index in [1.54, 1.807) is 12.1 Å². The summed E-state index contributed by atoms with van der Waals surface area (Å²) in [5.41, 5.74) is 0.517. The van der Waals surface area contributed by atoms with Gasteiger partial charge in [-0.15, -0.1) is 0 Å². The van der Waals surface area contributed by atoms with Crippen LogP contribution in [0.5, 0.6) is 0 Å². The Morgan fingerprint density at radius 2 is 1.68 bits per heavy atom. The third-order valence-electron chi connectivity index (χ3n) is 3.84. The molecule has 0 heterocycles. The molecule has 0 fully saturated rings. The highest BCUT2D eigenvalue weighted by atomic mass is 16.4. The first kappa shape index (κ1) is 18.4. The van der Waals surface area contributed by atoms with Gasteiger partial charge in [-0.25, -0.2) is 4.79 Å². The molecule has 2 aromatic rings. The molecule has 0 spiro atoms. The molecule has 3 N–H and O–H groups in total. The second-order valence-electron chi connectivity index (χ2n) is 5.75. The number of aliphatic carboxylic acids is 1. The van der Waals surface area contributed by atoms with Crippen molar-refractivity contribution in [3.05, 3.63) is 48.0 Å². The standard InChI is InChI=1S/C19H22N2O4/c1-2-20-16(22)8-5-9-17(23)21-18(19(24)25)15-11-10-13-6-3-4-7-14(13)12-15/h3-4,6-7,10-12,18H,2,5,8-9H2,1H3,(H,20,22)(H,21,23)(H,24,25). The van der Waals surface area contributed by atoms with Gasteiger partial charge in [0, 0.05) is 19.4 Å². The minimum atomic E-state index is -1.12. The fraction of sp³-hybridized carbons (Fsp3) is 0.316. The first-order valence-corrected chi connectivity index (χ1v) is 8.29. The van der Waals surface area contributed by atoms with Crippen LogP contribution in [0.3, 0.4) is 0 Å². The van der Waals surface area contributed by atoms with E-state index in [9.17, 15) is 19.5 Å². The molecule has 25 heavy (non-hydrogen) atoms. The smallest absolute Gasteiger partial charge is 0.330 e. The summed E-state index contributed by atoms with van der Waals surface area (Å²) in [5.74, 6) is -1.61. The maximum atomic E-state index is 12.0. The van der Waals surface area contributed by atoms with Gasteiger partial charge in [-0.1, -0.05) is 36.4 Å². The Morgan fingerprint density at radius 1 is 1.00 bits per heavy atom. The summed E-state index contributed by atoms with van der Waals surface area (Å²) >= 11 is 0. The van der Waals surface area contributed by atoms with Crippen LogP contribution in [0, 0.1) is 0 Å². The first-order valence-electron chi connectivity index (χ1n) is 8.29. The van der Waals surface area contributed by atoms with Gasteiger partial charge in [0.1, 0.15) is 0 Å². The zero-order valence-electron chi connectivity index (χ0n) is 14.1. The molecule has 132 valence electrons. The number of nitrogens with one attached hydrogen (secondary N) is 2. The summed E-state index contributed by atoms with van der Waals surface area (Å²) in [6.45, 7) is 2.37. The lowest BCUT2D eigenvalue weighted by molar-refractivity contribution is -0.142. The number of benzene rings is 2. The first-order chi connectivity index (χ1) is 12.0. The maximum Gasteiger partial charge on any atom is 0.330 e. The molecule has 6 nitrogen and oxygen atoms in total. The highest BCUT2D eigenvalue weighted by Gasteiger charge is 2.22. The van der Waals surface area contributed by atoms with Crippen LogP contribution >= 0.6 is 0 Å². The average molecular weight is 342 g/mol. The molecule has 0 aliphatic heterocycles. The summed E-state index contributed by atoms with van der Waals surface area (Å²) in [6.07, 6.45) is 0.727. The van der Waals surface area contributed by atoms with Gasteiger partial charge in [-0.2, -0.15) is 0 Å². The number of carbonyl (C=O) groups excluding carboxylic acids is 2. The molecule has 1 unspecified atom stereocenters. The molecule has 0 radical (unpaired) electrons. The number of amides is 2. The molecule has 0 saturated heterocycles. The lowest BCUT2D eigenvalue weighted by Crippen LogP contribution is -2.33. The minimum absolute atomic E-state index is 0.106. The molecule has 1 atom stereocenters. The monoisotopic (exact) mass is 342 g/mol. The van der Waals surface area contributed by atoms with E-state index in [-0.39, 0.29) is 24.7 Å². The van der Waals surface area contributed by atoms with Crippen LogP contribution in [0.1, 0.15) is 37.8 Å². The van der Waals surface area contributed by atoms with Gasteiger partial charge in [0.15, 0.2) is 6.04 Å². The second kappa shape index (κ2) is 8.82. The van der Waals surface area contributed by atoms with Crippen molar-refractivity contribution < 1.29 is 19.5 Å². The molecule has 2 amide bonds. The van der Waals surface area contributed by atoms with Gasteiger partial charge >= 0.3 is 5.97 Å². The van der Waals surface area contributed by atoms with Crippen molar-refractivity contribution in [3.63, 3.8) is 0 Å². The number of carboxylic acids is 1. The zero-order chi connectivity index (χ0) is 18.2. The van der Waals surface area contributed by atoms with E-state index in [1.807, 2.05) is 37.3 Å². The number of carbonyl (C=O) groups is 3. The average Bonchev–Trinajstić information content (AvgIpc) is 2.59. The summed E-state index contributed by atoms with van der Waals surface area (Å²) in [6, 6.07) is 11.8. The molecule has 0 bridgehead atoms. The van der Waals surface area contributed by atoms with Crippen molar-refractivity contribution in [3.8, 4) is 0 Å². The molecule has 0 aliphatic rings. The minimum Gasteiger partial charge on any atom is -0.479 e. The maximum absolute atomic E-state index is 12.0. The van der Waals surface area contributed by atoms with Crippen molar-refractivity contribution in [2.75, 3.05) is 6.54 Å². The van der Waals surface area contributed by atoms with E-state index in [4.69, 9.17) is 0 Å². The van der Waals surface area contributed by atoms with Gasteiger partial charge in [-0.3, -0.25) is 9.59 Å². The fourth-order valence-corrected chi connectivity index (χ4v) is 2.60. The molecule has 0 aromatic heterocycles. The van der Waals surface area contributed by atoms with Crippen LogP contribution in [0.2, 0.25) is 0 Å². The topological polar surface area (TPSA) is 95.5 Å². The molecule has 0 aliphatic carbocycles. The number of hydrogen-bond donors (Lipinski definition) is 3. The van der Waals surface area contributed by atoms with Crippen molar-refractivity contribution >= 4 is 28.6 Å². The van der Waals surface area contributed by atoms with Crippen LogP contribution in [0.4, 0.5) is 0 Å². The van der Waals surface area contributed by atoms with Gasteiger partial charge in [-0.05, 0) is 35.7 Å². The summed E-state index contributed by atoms with van der Waals surface area (Å²) < 4.78 is 0. The number of rotatable bonds is 8. The second-order valence-corrected chi connectivity index (χ2v) is 5.75. The summed E-state index contributed by atoms with van der Waals surface area (Å²) in [5, 5.41) is 16.6. The quantitative estimate of drug-likeness (QED) is 0.686. The SMILES string of the molecule is CCNC(=O)CCCC(=O)NC(C(=O)O)c1ccc2ccccc2c1. The molecule has 2 rings (SSSR count). The fourth-order valence-electron chi connectivity index (χ4n) is 2.60. The Labute approximate surface area is 146 Å². The van der Waals surface area contributed by atoms with E-state index in [1.165, 1.54) is 0 Å². The van der Waals surface area contributed by atoms with Crippen LogP contribution in [0.15, 0.2) is 42.5 Å². The molecule has 0 saturated carbocycles. The third-order valence-corrected chi connectivity index (χ3v) is 3.84. The van der Waals surface area contributed by atoms with E-state index < -0.39 is 12.0 Å². The molecule has 2 aromatic carbocycles. The van der Waals surface area contributed by atoms with Gasteiger partial charge < -0.3 is 15.7 Å². The number of fused-ring (bicyclic) bond motifs is 1. The highest BCUT2D eigenvalue weighted by molar-refractivity contribution is 5.88. The predicted molar refractivity (Wildman–Crippen MR) is 95.0 cm³/mol. The normalized spacial score (nSPS) is 11.7. The zero-order valence-corrected chi connectivity index (χ0v) is 14.1. The van der Waals surface area contributed by atoms with Crippen LogP contribution in [0.25, 0.3) is 10.8 Å². The Bertz CT molecular complexity index is 773. The van der Waals surface area contributed by atoms with Crippen LogP contribution in [-0.4, -0.2) is 29.4 Å². The summed E-state index contributed by atoms with van der Waals surface area (Å²) in [7, 11) is 0. The van der Waals surface area contributed by atoms with E-state index in [2.05, 4.69) is 10.6 Å². The molecular formula is C19H22N2O4. The molecular weight excluding hydrogens is 320 g/mol. The lowest BCUT2D eigenvalue weighted by Gasteiger charge is -2.15. The Kier molecular flexibility index (Phi) is 6.51. The Hall–Kier alpha value is -2.89. The Balaban J connectivity index is 2.01. The van der Waals surface area contributed by atoms with Crippen LogP contribution in [-0.2, 0) is 14.4 Å². The number of hydrogen-bond acceptors (Lipinski definition) is 3. The van der Waals surface area contributed by atoms with E-state index >= 15 is 0 Å². The number of carboxylic acid groups (broad SMARTS) is 1. The molecule has 6 heteroatoms.